The summed E-state index contributed by atoms with van der Waals surface area (Å²) < 4.78 is 0. The summed E-state index contributed by atoms with van der Waals surface area (Å²) in [7, 11) is 1.43. The van der Waals surface area contributed by atoms with Gasteiger partial charge in [0.15, 0.2) is 0 Å². The Kier molecular flexibility index (Phi) is 7.33. The highest BCUT2D eigenvalue weighted by Crippen LogP contribution is 2.29. The summed E-state index contributed by atoms with van der Waals surface area (Å²) in [4.78, 5) is 38.9. The highest BCUT2D eigenvalue weighted by Gasteiger charge is 2.42. The molecule has 0 bridgehead atoms. The highest BCUT2D eigenvalue weighted by molar-refractivity contribution is 5.99. The fourth-order valence-electron chi connectivity index (χ4n) is 3.63. The van der Waals surface area contributed by atoms with Gasteiger partial charge in [0.2, 0.25) is 0 Å². The second-order valence-corrected chi connectivity index (χ2v) is 8.09. The van der Waals surface area contributed by atoms with Crippen LogP contribution in [-0.2, 0) is 16.0 Å². The van der Waals surface area contributed by atoms with Crippen molar-refractivity contribution in [2.75, 3.05) is 12.4 Å². The zero-order valence-electron chi connectivity index (χ0n) is 19.0. The number of carbonyl (C=O) groups excluding carboxylic acids is 2. The molecule has 1 aliphatic rings. The maximum Gasteiger partial charge on any atom is 0.326 e. The number of nitrogens with one attached hydrogen (secondary N) is 2. The van der Waals surface area contributed by atoms with Gasteiger partial charge in [-0.15, -0.1) is 0 Å². The first-order valence-corrected chi connectivity index (χ1v) is 10.9. The standard InChI is InChI=1S/C26H29N3O4/c1-4-19-10-12-22(13-11-19)27-25(33)28-26(24(32)29(3)18(2)23(30)31)16-14-21(15-17-26)20-8-6-5-7-9-20/h5-16,18H,4,17H2,1-3H3,(H,30,31)(H2,27,28,33)/t18-,26?/m0/s1. The summed E-state index contributed by atoms with van der Waals surface area (Å²) in [6, 6.07) is 15.6. The Balaban J connectivity index is 1.85. The summed E-state index contributed by atoms with van der Waals surface area (Å²) in [5, 5.41) is 14.9. The maximum absolute atomic E-state index is 13.4. The lowest BCUT2D eigenvalue weighted by Gasteiger charge is -2.36. The Hall–Kier alpha value is -3.87. The molecule has 2 aromatic rings. The average molecular weight is 448 g/mol. The van der Waals surface area contributed by atoms with Crippen LogP contribution in [0.15, 0.2) is 72.8 Å². The van der Waals surface area contributed by atoms with E-state index in [1.54, 1.807) is 24.3 Å². The van der Waals surface area contributed by atoms with Crippen molar-refractivity contribution in [2.45, 2.75) is 38.3 Å². The van der Waals surface area contributed by atoms with E-state index in [9.17, 15) is 19.5 Å². The Morgan fingerprint density at radius 3 is 2.30 bits per heavy atom. The van der Waals surface area contributed by atoms with Crippen LogP contribution >= 0.6 is 0 Å². The molecule has 0 radical (unpaired) electrons. The molecule has 0 saturated heterocycles. The smallest absolute Gasteiger partial charge is 0.326 e. The third-order valence-electron chi connectivity index (χ3n) is 5.90. The molecular formula is C26H29N3O4. The number of urea groups is 1. The van der Waals surface area contributed by atoms with Crippen molar-refractivity contribution < 1.29 is 19.5 Å². The van der Waals surface area contributed by atoms with Gasteiger partial charge in [0.05, 0.1) is 0 Å². The quantitative estimate of drug-likeness (QED) is 0.595. The lowest BCUT2D eigenvalue weighted by molar-refractivity contribution is -0.150. The summed E-state index contributed by atoms with van der Waals surface area (Å²) in [5.41, 5.74) is 2.24. The van der Waals surface area contributed by atoms with Crippen LogP contribution in [0.1, 0.15) is 31.4 Å². The third-order valence-corrected chi connectivity index (χ3v) is 5.90. The van der Waals surface area contributed by atoms with Gasteiger partial charge < -0.3 is 20.6 Å². The molecule has 172 valence electrons. The predicted molar refractivity (Wildman–Crippen MR) is 129 cm³/mol. The number of rotatable bonds is 7. The number of hydrogen-bond acceptors (Lipinski definition) is 3. The fourth-order valence-corrected chi connectivity index (χ4v) is 3.63. The minimum absolute atomic E-state index is 0.186. The van der Waals surface area contributed by atoms with E-state index >= 15 is 0 Å². The van der Waals surface area contributed by atoms with Gasteiger partial charge in [-0.2, -0.15) is 0 Å². The van der Waals surface area contributed by atoms with Crippen molar-refractivity contribution >= 4 is 29.2 Å². The monoisotopic (exact) mass is 447 g/mol. The van der Waals surface area contributed by atoms with Crippen LogP contribution in [0.2, 0.25) is 0 Å². The maximum atomic E-state index is 13.4. The molecule has 3 rings (SSSR count). The molecule has 0 aromatic heterocycles. The summed E-state index contributed by atoms with van der Waals surface area (Å²) in [6.45, 7) is 3.48. The molecule has 7 nitrogen and oxygen atoms in total. The normalized spacial score (nSPS) is 18.1. The minimum atomic E-state index is -1.41. The van der Waals surface area contributed by atoms with Gasteiger partial charge in [-0.05, 0) is 48.3 Å². The Morgan fingerprint density at radius 2 is 1.76 bits per heavy atom. The molecular weight excluding hydrogens is 418 g/mol. The Bertz CT molecular complexity index is 1080. The van der Waals surface area contributed by atoms with Gasteiger partial charge in [0.25, 0.3) is 5.91 Å². The first-order valence-electron chi connectivity index (χ1n) is 10.9. The molecule has 0 saturated carbocycles. The van der Waals surface area contributed by atoms with Gasteiger partial charge in [0.1, 0.15) is 11.6 Å². The van der Waals surface area contributed by atoms with E-state index in [0.29, 0.717) is 5.69 Å². The lowest BCUT2D eigenvalue weighted by Crippen LogP contribution is -2.61. The topological polar surface area (TPSA) is 98.7 Å². The van der Waals surface area contributed by atoms with E-state index in [-0.39, 0.29) is 6.42 Å². The molecule has 0 spiro atoms. The second kappa shape index (κ2) is 10.2. The number of likely N-dealkylation sites (N-methyl/N-ethyl adjacent to an activating group) is 1. The van der Waals surface area contributed by atoms with Crippen molar-refractivity contribution in [1.82, 2.24) is 10.2 Å². The molecule has 3 N–H and O–H groups in total. The molecule has 0 heterocycles. The zero-order valence-corrected chi connectivity index (χ0v) is 19.0. The van der Waals surface area contributed by atoms with Crippen molar-refractivity contribution in [1.29, 1.82) is 0 Å². The van der Waals surface area contributed by atoms with E-state index in [4.69, 9.17) is 0 Å². The highest BCUT2D eigenvalue weighted by atomic mass is 16.4. The Labute approximate surface area is 193 Å². The molecule has 3 amide bonds. The number of hydrogen-bond donors (Lipinski definition) is 3. The van der Waals surface area contributed by atoms with Crippen LogP contribution in [0, 0.1) is 0 Å². The summed E-state index contributed by atoms with van der Waals surface area (Å²) in [6.07, 6.45) is 6.38. The first kappa shape index (κ1) is 23.8. The number of allylic oxidation sites excluding steroid dienone is 2. The molecule has 2 aromatic carbocycles. The van der Waals surface area contributed by atoms with Gasteiger partial charge in [0, 0.05) is 19.2 Å². The number of aryl methyl sites for hydroxylation is 1. The molecule has 33 heavy (non-hydrogen) atoms. The van der Waals surface area contributed by atoms with E-state index < -0.39 is 29.5 Å². The second-order valence-electron chi connectivity index (χ2n) is 8.09. The number of amides is 3. The lowest BCUT2D eigenvalue weighted by atomic mass is 9.85. The van der Waals surface area contributed by atoms with Gasteiger partial charge in [-0.3, -0.25) is 4.79 Å². The number of carbonyl (C=O) groups is 3. The van der Waals surface area contributed by atoms with Crippen LogP contribution in [0.3, 0.4) is 0 Å². The molecule has 2 atom stereocenters. The zero-order chi connectivity index (χ0) is 24.0. The van der Waals surface area contributed by atoms with Crippen LogP contribution in [0.5, 0.6) is 0 Å². The molecule has 0 aliphatic heterocycles. The number of nitrogens with zero attached hydrogens (tertiary/aromatic N) is 1. The minimum Gasteiger partial charge on any atom is -0.480 e. The van der Waals surface area contributed by atoms with Crippen molar-refractivity contribution in [3.63, 3.8) is 0 Å². The van der Waals surface area contributed by atoms with Gasteiger partial charge in [-0.25, -0.2) is 9.59 Å². The molecule has 7 heteroatoms. The van der Waals surface area contributed by atoms with Gasteiger partial charge in [-0.1, -0.05) is 61.5 Å². The van der Waals surface area contributed by atoms with Crippen molar-refractivity contribution in [2.24, 2.45) is 0 Å². The molecule has 1 unspecified atom stereocenters. The van der Waals surface area contributed by atoms with E-state index in [2.05, 4.69) is 10.6 Å². The van der Waals surface area contributed by atoms with Crippen molar-refractivity contribution in [3.05, 3.63) is 84.0 Å². The van der Waals surface area contributed by atoms with Crippen LogP contribution < -0.4 is 10.6 Å². The molecule has 0 fully saturated rings. The van der Waals surface area contributed by atoms with Crippen LogP contribution in [0.25, 0.3) is 5.57 Å². The van der Waals surface area contributed by atoms with Crippen molar-refractivity contribution in [3.8, 4) is 0 Å². The Morgan fingerprint density at radius 1 is 1.09 bits per heavy atom. The SMILES string of the molecule is CCc1ccc(NC(=O)NC2(C(=O)N(C)[C@@H](C)C(=O)O)C=CC(c3ccccc3)=CC2)cc1. The number of anilines is 1. The predicted octanol–water partition coefficient (Wildman–Crippen LogP) is 4.08. The third kappa shape index (κ3) is 5.49. The fraction of sp³-hybridized carbons (Fsp3) is 0.269. The first-order chi connectivity index (χ1) is 15.8. The van der Waals surface area contributed by atoms with Crippen LogP contribution in [0.4, 0.5) is 10.5 Å². The van der Waals surface area contributed by atoms with E-state index in [1.165, 1.54) is 14.0 Å². The van der Waals surface area contributed by atoms with E-state index in [0.717, 1.165) is 28.0 Å². The number of carboxylic acid groups (broad SMARTS) is 1. The summed E-state index contributed by atoms with van der Waals surface area (Å²) >= 11 is 0. The van der Waals surface area contributed by atoms with Crippen LogP contribution in [-0.4, -0.2) is 46.5 Å². The average Bonchev–Trinajstić information content (AvgIpc) is 2.84. The van der Waals surface area contributed by atoms with E-state index in [1.807, 2.05) is 55.5 Å². The number of benzene rings is 2. The van der Waals surface area contributed by atoms with Gasteiger partial charge >= 0.3 is 12.0 Å². The number of aliphatic carboxylic acids is 1. The largest absolute Gasteiger partial charge is 0.480 e. The molecule has 1 aliphatic carbocycles. The summed E-state index contributed by atoms with van der Waals surface area (Å²) in [5.74, 6) is -1.63. The number of carboxylic acids is 1.